The number of nitrogens with zero attached hydrogens (tertiary/aromatic N) is 2. The second-order valence-corrected chi connectivity index (χ2v) is 6.29. The summed E-state index contributed by atoms with van der Waals surface area (Å²) in [5, 5.41) is 25.4. The number of nitrogens with one attached hydrogen (secondary N) is 1. The zero-order valence-corrected chi connectivity index (χ0v) is 14.8. The van der Waals surface area contributed by atoms with Gasteiger partial charge in [0.05, 0.1) is 10.6 Å². The third-order valence-corrected chi connectivity index (χ3v) is 4.25. The largest absolute Gasteiger partial charge is 0.868 e. The molecule has 0 unspecified atom stereocenters. The third kappa shape index (κ3) is 3.14. The summed E-state index contributed by atoms with van der Waals surface area (Å²) in [4.78, 5) is 24.3. The quantitative estimate of drug-likeness (QED) is 0.387. The number of hydrogen-bond donors (Lipinski definition) is 1. The van der Waals surface area contributed by atoms with Gasteiger partial charge in [0.2, 0.25) is 0 Å². The van der Waals surface area contributed by atoms with E-state index in [1.807, 2.05) is 32.0 Å². The second kappa shape index (κ2) is 6.57. The highest BCUT2D eigenvalue weighted by Gasteiger charge is 2.32. The van der Waals surface area contributed by atoms with Gasteiger partial charge in [-0.15, -0.1) is 0 Å². The molecule has 3 rings (SSSR count). The number of anilines is 1. The molecular weight excluding hydrogens is 354 g/mol. The Morgan fingerprint density at radius 2 is 1.92 bits per heavy atom. The van der Waals surface area contributed by atoms with Crippen molar-refractivity contribution in [2.45, 2.75) is 13.8 Å². The van der Waals surface area contributed by atoms with Crippen molar-refractivity contribution in [1.29, 1.82) is 0 Å². The number of thiocarbonyl (C=S) groups is 1. The first kappa shape index (κ1) is 17.6. The minimum atomic E-state index is -0.749. The van der Waals surface area contributed by atoms with E-state index in [-0.39, 0.29) is 16.7 Å². The molecule has 0 spiro atoms. The van der Waals surface area contributed by atoms with Crippen molar-refractivity contribution in [3.8, 4) is 5.75 Å². The molecule has 0 saturated carbocycles. The summed E-state index contributed by atoms with van der Waals surface area (Å²) < 4.78 is 0. The lowest BCUT2D eigenvalue weighted by molar-refractivity contribution is -0.398. The smallest absolute Gasteiger partial charge is 0.281 e. The summed E-state index contributed by atoms with van der Waals surface area (Å²) >= 11 is 5.27. The van der Waals surface area contributed by atoms with Crippen LogP contribution >= 0.6 is 12.2 Å². The van der Waals surface area contributed by atoms with E-state index >= 15 is 0 Å². The van der Waals surface area contributed by atoms with Gasteiger partial charge in [0.15, 0.2) is 5.11 Å². The number of carbonyl (C=O) groups is 1. The Morgan fingerprint density at radius 3 is 2.58 bits per heavy atom. The number of amides is 1. The van der Waals surface area contributed by atoms with E-state index in [2.05, 4.69) is 5.32 Å². The minimum absolute atomic E-state index is 0.183. The number of rotatable bonds is 3. The van der Waals surface area contributed by atoms with Crippen molar-refractivity contribution in [1.82, 2.24) is 5.32 Å². The molecule has 0 bridgehead atoms. The van der Waals surface area contributed by atoms with Crippen molar-refractivity contribution in [3.05, 3.63) is 68.9 Å². The molecule has 1 N–H and O–H groups in total. The van der Waals surface area contributed by atoms with Crippen LogP contribution < -0.4 is 15.3 Å². The van der Waals surface area contributed by atoms with E-state index in [0.717, 1.165) is 23.3 Å². The van der Waals surface area contributed by atoms with Crippen molar-refractivity contribution >= 4 is 40.7 Å². The molecule has 2 aromatic carbocycles. The molecule has 2 aromatic rings. The molecule has 0 aliphatic carbocycles. The molecule has 0 aromatic heterocycles. The fraction of sp³-hybridized carbons (Fsp3) is 0.111. The Balaban J connectivity index is 1.97. The monoisotopic (exact) mass is 368 g/mol. The van der Waals surface area contributed by atoms with Gasteiger partial charge in [-0.05, 0) is 55.1 Å². The summed E-state index contributed by atoms with van der Waals surface area (Å²) in [6.45, 7) is 3.84. The van der Waals surface area contributed by atoms with Crippen LogP contribution in [0.1, 0.15) is 16.7 Å². The summed E-state index contributed by atoms with van der Waals surface area (Å²) in [6, 6.07) is 9.30. The molecule has 7 nitrogen and oxygen atoms in total. The highest BCUT2D eigenvalue weighted by Crippen LogP contribution is 2.28. The number of nitro groups is 1. The summed E-state index contributed by atoms with van der Waals surface area (Å²) in [5.74, 6) is -1.05. The van der Waals surface area contributed by atoms with Gasteiger partial charge in [-0.1, -0.05) is 29.8 Å². The third-order valence-electron chi connectivity index (χ3n) is 3.96. The average molecular weight is 368 g/mol. The van der Waals surface area contributed by atoms with Crippen LogP contribution in [0, 0.1) is 24.0 Å². The normalized spacial score (nSPS) is 15.5. The molecule has 1 amide bonds. The van der Waals surface area contributed by atoms with Crippen LogP contribution in [-0.2, 0) is 4.79 Å². The highest BCUT2D eigenvalue weighted by atomic mass is 32.1. The first-order chi connectivity index (χ1) is 12.3. The predicted octanol–water partition coefficient (Wildman–Crippen LogP) is 2.55. The molecule has 1 heterocycles. The summed E-state index contributed by atoms with van der Waals surface area (Å²) in [7, 11) is 0. The van der Waals surface area contributed by atoms with Crippen molar-refractivity contribution in [2.24, 2.45) is 0 Å². The number of benzene rings is 2. The van der Waals surface area contributed by atoms with Crippen LogP contribution in [0.25, 0.3) is 6.08 Å². The molecular formula is C18H14N3O4S-. The van der Waals surface area contributed by atoms with Gasteiger partial charge in [0.1, 0.15) is 5.70 Å². The molecule has 8 heteroatoms. The minimum Gasteiger partial charge on any atom is -0.868 e. The molecule has 132 valence electrons. The topological polar surface area (TPSA) is 98.5 Å². The van der Waals surface area contributed by atoms with E-state index in [0.29, 0.717) is 11.3 Å². The molecule has 0 atom stereocenters. The molecule has 0 radical (unpaired) electrons. The van der Waals surface area contributed by atoms with Crippen LogP contribution in [0.4, 0.5) is 11.4 Å². The number of hydrogen-bond acceptors (Lipinski definition) is 5. The van der Waals surface area contributed by atoms with Crippen LogP contribution in [0.3, 0.4) is 0 Å². The lowest BCUT2D eigenvalue weighted by Crippen LogP contribution is -2.30. The van der Waals surface area contributed by atoms with E-state index in [1.165, 1.54) is 17.0 Å². The van der Waals surface area contributed by atoms with E-state index in [4.69, 9.17) is 12.2 Å². The van der Waals surface area contributed by atoms with Crippen molar-refractivity contribution in [3.63, 3.8) is 0 Å². The van der Waals surface area contributed by atoms with Gasteiger partial charge in [0, 0.05) is 6.07 Å². The number of nitro benzene ring substituents is 1. The Kier molecular flexibility index (Phi) is 4.43. The van der Waals surface area contributed by atoms with Crippen molar-refractivity contribution < 1.29 is 14.8 Å². The first-order valence-corrected chi connectivity index (χ1v) is 8.08. The molecule has 1 aliphatic rings. The Bertz CT molecular complexity index is 984. The average Bonchev–Trinajstić information content (AvgIpc) is 2.83. The van der Waals surface area contributed by atoms with Gasteiger partial charge in [0.25, 0.3) is 11.6 Å². The zero-order valence-electron chi connectivity index (χ0n) is 14.0. The standard InChI is InChI=1S/C18H15N3O4S/c1-10-3-5-14(11(2)7-10)20-17(23)13(19-18(20)26)8-12-4-6-16(22)15(9-12)21(24)25/h3-9,22H,1-2H3,(H,19,26)/p-1/b13-8+. The second-order valence-electron chi connectivity index (χ2n) is 5.90. The maximum atomic E-state index is 12.8. The molecule has 1 saturated heterocycles. The zero-order chi connectivity index (χ0) is 19.0. The Morgan fingerprint density at radius 1 is 1.19 bits per heavy atom. The molecule has 26 heavy (non-hydrogen) atoms. The predicted molar refractivity (Wildman–Crippen MR) is 99.7 cm³/mol. The van der Waals surface area contributed by atoms with Crippen LogP contribution in [-0.4, -0.2) is 15.9 Å². The van der Waals surface area contributed by atoms with Crippen LogP contribution in [0.15, 0.2) is 42.1 Å². The van der Waals surface area contributed by atoms with Gasteiger partial charge >= 0.3 is 0 Å². The highest BCUT2D eigenvalue weighted by molar-refractivity contribution is 7.80. The number of aryl methyl sites for hydroxylation is 2. The van der Waals surface area contributed by atoms with Crippen LogP contribution in [0.5, 0.6) is 5.75 Å². The van der Waals surface area contributed by atoms with Crippen molar-refractivity contribution in [2.75, 3.05) is 4.90 Å². The lowest BCUT2D eigenvalue weighted by atomic mass is 10.1. The fourth-order valence-electron chi connectivity index (χ4n) is 2.74. The maximum absolute atomic E-state index is 12.8. The summed E-state index contributed by atoms with van der Waals surface area (Å²) in [6.07, 6.45) is 1.44. The van der Waals surface area contributed by atoms with E-state index in [1.54, 1.807) is 0 Å². The SMILES string of the molecule is Cc1ccc(N2C(=O)/C(=C\c3ccc([O-])c([N+](=O)[O-])c3)NC2=S)c(C)c1. The van der Waals surface area contributed by atoms with Crippen LogP contribution in [0.2, 0.25) is 0 Å². The lowest BCUT2D eigenvalue weighted by Gasteiger charge is -2.17. The van der Waals surface area contributed by atoms with E-state index in [9.17, 15) is 20.0 Å². The molecule has 1 aliphatic heterocycles. The van der Waals surface area contributed by atoms with Gasteiger partial charge in [-0.25, -0.2) is 0 Å². The first-order valence-electron chi connectivity index (χ1n) is 7.68. The Hall–Kier alpha value is -3.26. The Labute approximate surface area is 154 Å². The fourth-order valence-corrected chi connectivity index (χ4v) is 3.03. The molecule has 1 fully saturated rings. The summed E-state index contributed by atoms with van der Waals surface area (Å²) in [5.41, 5.74) is 2.63. The van der Waals surface area contributed by atoms with Gasteiger partial charge in [-0.3, -0.25) is 19.8 Å². The maximum Gasteiger partial charge on any atom is 0.281 e. The van der Waals surface area contributed by atoms with E-state index < -0.39 is 16.4 Å². The number of carbonyl (C=O) groups excluding carboxylic acids is 1. The van der Waals surface area contributed by atoms with Gasteiger partial charge in [-0.2, -0.15) is 0 Å². The van der Waals surface area contributed by atoms with Gasteiger partial charge < -0.3 is 10.4 Å².